The zero-order chi connectivity index (χ0) is 13.1. The number of alkyl halides is 3. The van der Waals surface area contributed by atoms with Crippen LogP contribution in [0.1, 0.15) is 15.9 Å². The molecule has 1 N–H and O–H groups in total. The summed E-state index contributed by atoms with van der Waals surface area (Å²) in [5, 5.41) is 8.87. The maximum Gasteiger partial charge on any atom is 0.401 e. The quantitative estimate of drug-likeness (QED) is 0.888. The van der Waals surface area contributed by atoms with E-state index in [-0.39, 0.29) is 12.1 Å². The normalized spacial score (nSPS) is 11.8. The van der Waals surface area contributed by atoms with Gasteiger partial charge < -0.3 is 5.11 Å². The molecule has 0 spiro atoms. The van der Waals surface area contributed by atoms with Crippen LogP contribution in [0, 0.1) is 0 Å². The molecule has 0 fully saturated rings. The molecule has 94 valence electrons. The maximum atomic E-state index is 12.1. The summed E-state index contributed by atoms with van der Waals surface area (Å²) in [6.45, 7) is -1.12. The van der Waals surface area contributed by atoms with Crippen molar-refractivity contribution in [3.05, 3.63) is 35.4 Å². The second-order valence-corrected chi connectivity index (χ2v) is 3.75. The maximum absolute atomic E-state index is 12.1. The van der Waals surface area contributed by atoms with Gasteiger partial charge in [0.2, 0.25) is 0 Å². The first-order valence-electron chi connectivity index (χ1n) is 4.86. The molecule has 0 aliphatic rings. The number of rotatable bonds is 4. The molecule has 1 aromatic rings. The van der Waals surface area contributed by atoms with Crippen molar-refractivity contribution in [3.8, 4) is 0 Å². The van der Waals surface area contributed by atoms with Crippen LogP contribution in [0.2, 0.25) is 0 Å². The Morgan fingerprint density at radius 1 is 1.35 bits per heavy atom. The van der Waals surface area contributed by atoms with Gasteiger partial charge in [0.15, 0.2) is 0 Å². The summed E-state index contributed by atoms with van der Waals surface area (Å²) >= 11 is 0. The van der Waals surface area contributed by atoms with Crippen LogP contribution in [0.15, 0.2) is 24.3 Å². The summed E-state index contributed by atoms with van der Waals surface area (Å²) in [7, 11) is 1.30. The topological polar surface area (TPSA) is 40.5 Å². The van der Waals surface area contributed by atoms with E-state index in [9.17, 15) is 18.0 Å². The Hall–Kier alpha value is -1.56. The van der Waals surface area contributed by atoms with E-state index in [0.717, 1.165) is 4.90 Å². The van der Waals surface area contributed by atoms with Gasteiger partial charge in [-0.15, -0.1) is 0 Å². The Kier molecular flexibility index (Phi) is 4.11. The van der Waals surface area contributed by atoms with Crippen molar-refractivity contribution in [3.63, 3.8) is 0 Å². The third-order valence-electron chi connectivity index (χ3n) is 2.14. The second-order valence-electron chi connectivity index (χ2n) is 3.75. The molecule has 0 unspecified atom stereocenters. The third kappa shape index (κ3) is 4.44. The molecule has 0 aliphatic carbocycles. The molecule has 6 heteroatoms. The highest BCUT2D eigenvalue weighted by Crippen LogP contribution is 2.18. The lowest BCUT2D eigenvalue weighted by Gasteiger charge is -2.19. The van der Waals surface area contributed by atoms with Crippen LogP contribution in [0.25, 0.3) is 0 Å². The molecule has 1 rings (SSSR count). The summed E-state index contributed by atoms with van der Waals surface area (Å²) in [4.78, 5) is 11.9. The molecule has 0 saturated carbocycles. The zero-order valence-corrected chi connectivity index (χ0v) is 9.16. The standard InChI is InChI=1S/C11H12F3NO2/c1-15(7-11(12,13)14)6-8-4-2-3-5-9(8)10(16)17/h2-5H,6-7H2,1H3,(H,16,17). The minimum atomic E-state index is -4.28. The molecule has 0 aliphatic heterocycles. The van der Waals surface area contributed by atoms with Crippen LogP contribution in [0.5, 0.6) is 0 Å². The molecule has 0 aromatic heterocycles. The van der Waals surface area contributed by atoms with E-state index in [1.54, 1.807) is 6.07 Å². The first kappa shape index (κ1) is 13.5. The number of benzene rings is 1. The summed E-state index contributed by atoms with van der Waals surface area (Å²) in [5.74, 6) is -1.14. The van der Waals surface area contributed by atoms with E-state index < -0.39 is 18.7 Å². The molecular formula is C11H12F3NO2. The van der Waals surface area contributed by atoms with Gasteiger partial charge >= 0.3 is 12.1 Å². The number of hydrogen-bond donors (Lipinski definition) is 1. The van der Waals surface area contributed by atoms with Crippen molar-refractivity contribution in [2.75, 3.05) is 13.6 Å². The molecule has 17 heavy (non-hydrogen) atoms. The number of halogens is 3. The third-order valence-corrected chi connectivity index (χ3v) is 2.14. The van der Waals surface area contributed by atoms with Crippen molar-refractivity contribution in [1.29, 1.82) is 0 Å². The van der Waals surface area contributed by atoms with Crippen molar-refractivity contribution < 1.29 is 23.1 Å². The number of carboxylic acids is 1. The number of hydrogen-bond acceptors (Lipinski definition) is 2. The van der Waals surface area contributed by atoms with Crippen molar-refractivity contribution in [2.24, 2.45) is 0 Å². The molecule has 1 aromatic carbocycles. The molecule has 3 nitrogen and oxygen atoms in total. The monoisotopic (exact) mass is 247 g/mol. The van der Waals surface area contributed by atoms with Crippen LogP contribution >= 0.6 is 0 Å². The number of aromatic carboxylic acids is 1. The smallest absolute Gasteiger partial charge is 0.401 e. The molecular weight excluding hydrogens is 235 g/mol. The predicted octanol–water partition coefficient (Wildman–Crippen LogP) is 2.38. The van der Waals surface area contributed by atoms with E-state index in [1.807, 2.05) is 0 Å². The lowest BCUT2D eigenvalue weighted by molar-refractivity contribution is -0.144. The second kappa shape index (κ2) is 5.18. The fraction of sp³-hybridized carbons (Fsp3) is 0.364. The Labute approximate surface area is 96.5 Å². The van der Waals surface area contributed by atoms with E-state index in [1.165, 1.54) is 25.2 Å². The lowest BCUT2D eigenvalue weighted by Crippen LogP contribution is -2.31. The van der Waals surface area contributed by atoms with Crippen LogP contribution in [-0.4, -0.2) is 35.7 Å². The SMILES string of the molecule is CN(Cc1ccccc1C(=O)O)CC(F)(F)F. The van der Waals surface area contributed by atoms with Gasteiger partial charge in [0.05, 0.1) is 12.1 Å². The zero-order valence-electron chi connectivity index (χ0n) is 9.16. The van der Waals surface area contributed by atoms with Crippen molar-refractivity contribution in [1.82, 2.24) is 4.90 Å². The first-order valence-corrected chi connectivity index (χ1v) is 4.86. The van der Waals surface area contributed by atoms with Crippen LogP contribution < -0.4 is 0 Å². The number of carbonyl (C=O) groups is 1. The average molecular weight is 247 g/mol. The summed E-state index contributed by atoms with van der Waals surface area (Å²) in [6, 6.07) is 6.02. The molecule has 0 atom stereocenters. The van der Waals surface area contributed by atoms with E-state index in [4.69, 9.17) is 5.11 Å². The Morgan fingerprint density at radius 2 is 1.94 bits per heavy atom. The van der Waals surface area contributed by atoms with E-state index in [2.05, 4.69) is 0 Å². The highest BCUT2D eigenvalue weighted by molar-refractivity contribution is 5.89. The largest absolute Gasteiger partial charge is 0.478 e. The van der Waals surface area contributed by atoms with E-state index in [0.29, 0.717) is 5.56 Å². The summed E-state index contributed by atoms with van der Waals surface area (Å²) in [6.07, 6.45) is -4.28. The highest BCUT2D eigenvalue weighted by atomic mass is 19.4. The predicted molar refractivity (Wildman–Crippen MR) is 55.8 cm³/mol. The fourth-order valence-electron chi connectivity index (χ4n) is 1.52. The van der Waals surface area contributed by atoms with Crippen molar-refractivity contribution in [2.45, 2.75) is 12.7 Å². The summed E-state index contributed by atoms with van der Waals surface area (Å²) < 4.78 is 36.3. The molecule has 0 bridgehead atoms. The van der Waals surface area contributed by atoms with Gasteiger partial charge in [-0.3, -0.25) is 4.90 Å². The van der Waals surface area contributed by atoms with Gasteiger partial charge in [0.25, 0.3) is 0 Å². The Balaban J connectivity index is 2.78. The Bertz CT molecular complexity index is 404. The molecule has 0 radical (unpaired) electrons. The molecule has 0 heterocycles. The first-order chi connectivity index (χ1) is 7.79. The lowest BCUT2D eigenvalue weighted by atomic mass is 10.1. The minimum Gasteiger partial charge on any atom is -0.478 e. The van der Waals surface area contributed by atoms with Gasteiger partial charge in [-0.1, -0.05) is 18.2 Å². The van der Waals surface area contributed by atoms with Crippen molar-refractivity contribution >= 4 is 5.97 Å². The van der Waals surface area contributed by atoms with Gasteiger partial charge in [0.1, 0.15) is 0 Å². The minimum absolute atomic E-state index is 0.0292. The summed E-state index contributed by atoms with van der Waals surface area (Å²) in [5.41, 5.74) is 0.397. The van der Waals surface area contributed by atoms with Gasteiger partial charge in [-0.25, -0.2) is 4.79 Å². The van der Waals surface area contributed by atoms with Crippen LogP contribution in [-0.2, 0) is 6.54 Å². The van der Waals surface area contributed by atoms with Crippen LogP contribution in [0.4, 0.5) is 13.2 Å². The Morgan fingerprint density at radius 3 is 2.47 bits per heavy atom. The number of carboxylic acid groups (broad SMARTS) is 1. The van der Waals surface area contributed by atoms with Gasteiger partial charge in [-0.05, 0) is 18.7 Å². The van der Waals surface area contributed by atoms with E-state index >= 15 is 0 Å². The number of nitrogens with zero attached hydrogens (tertiary/aromatic N) is 1. The molecule has 0 amide bonds. The van der Waals surface area contributed by atoms with Gasteiger partial charge in [0, 0.05) is 6.54 Å². The molecule has 0 saturated heterocycles. The average Bonchev–Trinajstić information content (AvgIpc) is 2.14. The van der Waals surface area contributed by atoms with Crippen LogP contribution in [0.3, 0.4) is 0 Å². The van der Waals surface area contributed by atoms with Gasteiger partial charge in [-0.2, -0.15) is 13.2 Å². The fourth-order valence-corrected chi connectivity index (χ4v) is 1.52. The highest BCUT2D eigenvalue weighted by Gasteiger charge is 2.29.